The maximum Gasteiger partial charge on any atom is 0.256 e. The van der Waals surface area contributed by atoms with Crippen molar-refractivity contribution in [3.63, 3.8) is 0 Å². The third-order valence-electron chi connectivity index (χ3n) is 6.93. The molecule has 2 heterocycles. The quantitative estimate of drug-likeness (QED) is 0.451. The first-order chi connectivity index (χ1) is 17.0. The first-order valence-corrected chi connectivity index (χ1v) is 12.3. The van der Waals surface area contributed by atoms with Crippen LogP contribution in [0, 0.1) is 17.7 Å². The molecule has 0 radical (unpaired) electrons. The highest BCUT2D eigenvalue weighted by Crippen LogP contribution is 2.47. The summed E-state index contributed by atoms with van der Waals surface area (Å²) in [5.74, 6) is -4.85. The predicted octanol–water partition coefficient (Wildman–Crippen LogP) is 5.44. The molecule has 1 aliphatic carbocycles. The van der Waals surface area contributed by atoms with Gasteiger partial charge in [-0.25, -0.2) is 18.2 Å². The maximum absolute atomic E-state index is 14.5. The molecule has 0 saturated heterocycles. The number of halogens is 4. The summed E-state index contributed by atoms with van der Waals surface area (Å²) >= 11 is 6.30. The molecular formula is C26H28ClF3N4O2. The number of nitrogens with one attached hydrogen (secondary N) is 1. The number of fused-ring (bicyclic) bond motifs is 1. The number of rotatable bonds is 7. The van der Waals surface area contributed by atoms with Gasteiger partial charge < -0.3 is 10.2 Å². The minimum atomic E-state index is -2.76. The number of aromatic nitrogens is 2. The van der Waals surface area contributed by atoms with E-state index in [9.17, 15) is 22.8 Å². The fourth-order valence-corrected chi connectivity index (χ4v) is 5.11. The van der Waals surface area contributed by atoms with Crippen molar-refractivity contribution in [2.45, 2.75) is 38.5 Å². The van der Waals surface area contributed by atoms with E-state index in [0.29, 0.717) is 30.8 Å². The molecule has 1 amide bonds. The second-order valence-electron chi connectivity index (χ2n) is 9.37. The molecule has 0 spiro atoms. The van der Waals surface area contributed by atoms with Crippen LogP contribution in [0.1, 0.15) is 43.0 Å². The lowest BCUT2D eigenvalue weighted by Crippen LogP contribution is -2.34. The maximum atomic E-state index is 14.5. The molecule has 1 saturated carbocycles. The highest BCUT2D eigenvalue weighted by atomic mass is 35.5. The van der Waals surface area contributed by atoms with Crippen molar-refractivity contribution in [2.24, 2.45) is 11.8 Å². The van der Waals surface area contributed by atoms with Gasteiger partial charge in [-0.05, 0) is 56.0 Å². The second kappa shape index (κ2) is 10.1. The molecule has 2 unspecified atom stereocenters. The van der Waals surface area contributed by atoms with Gasteiger partial charge in [0, 0.05) is 38.7 Å². The van der Waals surface area contributed by atoms with Gasteiger partial charge in [-0.3, -0.25) is 14.2 Å². The fraction of sp³-hybridized carbons (Fsp3) is 0.423. The van der Waals surface area contributed by atoms with Crippen molar-refractivity contribution in [3.8, 4) is 5.69 Å². The molecule has 10 heteroatoms. The van der Waals surface area contributed by atoms with Gasteiger partial charge in [0.25, 0.3) is 11.8 Å². The Kier molecular flexibility index (Phi) is 7.31. The summed E-state index contributed by atoms with van der Waals surface area (Å²) in [7, 11) is 3.58. The van der Waals surface area contributed by atoms with Gasteiger partial charge in [0.15, 0.2) is 5.65 Å². The molecule has 0 bridgehead atoms. The summed E-state index contributed by atoms with van der Waals surface area (Å²) < 4.78 is 44.3. The summed E-state index contributed by atoms with van der Waals surface area (Å²) in [5.41, 5.74) is -0.164. The highest BCUT2D eigenvalue weighted by Gasteiger charge is 2.50. The largest absolute Gasteiger partial charge is 0.363 e. The average molecular weight is 521 g/mol. The van der Waals surface area contributed by atoms with Crippen LogP contribution in [0.25, 0.3) is 16.7 Å². The van der Waals surface area contributed by atoms with Crippen molar-refractivity contribution < 1.29 is 18.0 Å². The van der Waals surface area contributed by atoms with E-state index in [0.717, 1.165) is 6.07 Å². The molecule has 1 aliphatic rings. The number of benzene rings is 1. The normalized spacial score (nSPS) is 19.0. The third-order valence-corrected chi connectivity index (χ3v) is 7.23. The van der Waals surface area contributed by atoms with E-state index in [1.165, 1.54) is 22.9 Å². The Labute approximate surface area is 212 Å². The Bertz CT molecular complexity index is 1360. The SMILES string of the molecule is CCC1CCC(CCNC(=O)c2cn(-c3ccc(F)cc3Cl)c3nc(N(C)C)ccc3c2=O)C1(F)F. The Balaban J connectivity index is 1.69. The summed E-state index contributed by atoms with van der Waals surface area (Å²) in [6, 6.07) is 6.98. The number of carbonyl (C=O) groups excluding carboxylic acids is 1. The van der Waals surface area contributed by atoms with Gasteiger partial charge in [0.2, 0.25) is 5.43 Å². The van der Waals surface area contributed by atoms with Crippen molar-refractivity contribution in [3.05, 3.63) is 63.2 Å². The highest BCUT2D eigenvalue weighted by molar-refractivity contribution is 6.32. The zero-order valence-electron chi connectivity index (χ0n) is 20.3. The molecule has 1 aromatic carbocycles. The Morgan fingerprint density at radius 1 is 1.22 bits per heavy atom. The van der Waals surface area contributed by atoms with Crippen LogP contribution in [0.2, 0.25) is 5.02 Å². The Morgan fingerprint density at radius 3 is 2.58 bits per heavy atom. The fourth-order valence-electron chi connectivity index (χ4n) is 4.85. The van der Waals surface area contributed by atoms with Crippen LogP contribution >= 0.6 is 11.6 Å². The number of alkyl halides is 2. The minimum Gasteiger partial charge on any atom is -0.363 e. The molecule has 0 aliphatic heterocycles. The first kappa shape index (κ1) is 26.0. The molecule has 36 heavy (non-hydrogen) atoms. The monoisotopic (exact) mass is 520 g/mol. The van der Waals surface area contributed by atoms with E-state index in [1.807, 2.05) is 0 Å². The average Bonchev–Trinajstić information content (AvgIpc) is 3.12. The van der Waals surface area contributed by atoms with Crippen molar-refractivity contribution in [1.82, 2.24) is 14.9 Å². The lowest BCUT2D eigenvalue weighted by Gasteiger charge is -2.24. The topological polar surface area (TPSA) is 67.2 Å². The minimum absolute atomic E-state index is 0.0160. The smallest absolute Gasteiger partial charge is 0.256 e. The van der Waals surface area contributed by atoms with Crippen molar-refractivity contribution in [1.29, 1.82) is 0 Å². The molecule has 4 rings (SSSR count). The lowest BCUT2D eigenvalue weighted by molar-refractivity contribution is -0.0786. The van der Waals surface area contributed by atoms with Crippen LogP contribution < -0.4 is 15.6 Å². The van der Waals surface area contributed by atoms with E-state index in [2.05, 4.69) is 10.3 Å². The van der Waals surface area contributed by atoms with Crippen LogP contribution in [-0.2, 0) is 0 Å². The summed E-state index contributed by atoms with van der Waals surface area (Å²) in [4.78, 5) is 32.6. The van der Waals surface area contributed by atoms with Crippen LogP contribution in [0.5, 0.6) is 0 Å². The van der Waals surface area contributed by atoms with Crippen molar-refractivity contribution >= 4 is 34.4 Å². The third kappa shape index (κ3) is 4.81. The summed E-state index contributed by atoms with van der Waals surface area (Å²) in [6.45, 7) is 1.78. The Hall–Kier alpha value is -3.07. The van der Waals surface area contributed by atoms with E-state index in [1.54, 1.807) is 38.1 Å². The number of nitrogens with zero attached hydrogens (tertiary/aromatic N) is 3. The van der Waals surface area contributed by atoms with Gasteiger partial charge in [-0.2, -0.15) is 0 Å². The van der Waals surface area contributed by atoms with Gasteiger partial charge in [0.05, 0.1) is 16.1 Å². The zero-order chi connectivity index (χ0) is 26.2. The van der Waals surface area contributed by atoms with Crippen LogP contribution in [0.3, 0.4) is 0 Å². The number of pyridine rings is 2. The first-order valence-electron chi connectivity index (χ1n) is 11.9. The molecule has 2 atom stereocenters. The summed E-state index contributed by atoms with van der Waals surface area (Å²) in [5, 5.41) is 2.86. The zero-order valence-corrected chi connectivity index (χ0v) is 21.1. The van der Waals surface area contributed by atoms with Gasteiger partial charge >= 0.3 is 0 Å². The van der Waals surface area contributed by atoms with Crippen LogP contribution in [0.15, 0.2) is 41.3 Å². The van der Waals surface area contributed by atoms with E-state index in [4.69, 9.17) is 11.6 Å². The molecule has 2 aromatic heterocycles. The molecule has 6 nitrogen and oxygen atoms in total. The number of amides is 1. The standard InChI is InChI=1S/C26H28ClF3N4O2/c1-4-15-5-6-16(26(15,29)30)11-12-31-25(36)19-14-34(21-9-7-17(28)13-20(21)27)24-18(23(19)35)8-10-22(32-24)33(2)3/h7-10,13-16H,4-6,11-12H2,1-3H3,(H,31,36). The lowest BCUT2D eigenvalue weighted by atomic mass is 9.95. The van der Waals surface area contributed by atoms with E-state index in [-0.39, 0.29) is 34.6 Å². The van der Waals surface area contributed by atoms with Crippen molar-refractivity contribution in [2.75, 3.05) is 25.5 Å². The van der Waals surface area contributed by atoms with E-state index >= 15 is 0 Å². The van der Waals surface area contributed by atoms with E-state index < -0.39 is 34.9 Å². The number of hydrogen-bond donors (Lipinski definition) is 1. The molecule has 1 fully saturated rings. The second-order valence-corrected chi connectivity index (χ2v) is 9.78. The summed E-state index contributed by atoms with van der Waals surface area (Å²) in [6.07, 6.45) is 2.73. The van der Waals surface area contributed by atoms with Crippen LogP contribution in [-0.4, -0.2) is 42.0 Å². The van der Waals surface area contributed by atoms with Crippen LogP contribution in [0.4, 0.5) is 19.0 Å². The molecule has 192 valence electrons. The Morgan fingerprint density at radius 2 is 1.94 bits per heavy atom. The number of hydrogen-bond acceptors (Lipinski definition) is 4. The van der Waals surface area contributed by atoms with Gasteiger partial charge in [-0.1, -0.05) is 18.5 Å². The predicted molar refractivity (Wildman–Crippen MR) is 135 cm³/mol. The molecular weight excluding hydrogens is 493 g/mol. The number of carbonyl (C=O) groups is 1. The number of anilines is 1. The molecule has 1 N–H and O–H groups in total. The molecule has 3 aromatic rings. The van der Waals surface area contributed by atoms with Gasteiger partial charge in [-0.15, -0.1) is 0 Å². The van der Waals surface area contributed by atoms with Gasteiger partial charge in [0.1, 0.15) is 17.2 Å².